The predicted molar refractivity (Wildman–Crippen MR) is 83.8 cm³/mol. The summed E-state index contributed by atoms with van der Waals surface area (Å²) in [6.45, 7) is 0. The van der Waals surface area contributed by atoms with Crippen molar-refractivity contribution in [3.8, 4) is 11.1 Å². The maximum Gasteiger partial charge on any atom is 0.414 e. The van der Waals surface area contributed by atoms with Crippen LogP contribution in [-0.2, 0) is 9.53 Å². The monoisotopic (exact) mass is 335 g/mol. The average Bonchev–Trinajstić information content (AvgIpc) is 2.82. The molecule has 0 saturated heterocycles. The quantitative estimate of drug-likeness (QED) is 0.849. The molecule has 0 radical (unpaired) electrons. The lowest BCUT2D eigenvalue weighted by molar-refractivity contribution is -0.118. The van der Waals surface area contributed by atoms with E-state index in [1.165, 1.54) is 0 Å². The Morgan fingerprint density at radius 2 is 1.45 bits per heavy atom. The van der Waals surface area contributed by atoms with E-state index in [-0.39, 0.29) is 0 Å². The first-order chi connectivity index (χ1) is 10.6. The highest BCUT2D eigenvalue weighted by Crippen LogP contribution is 2.44. The Kier molecular flexibility index (Phi) is 4.05. The Morgan fingerprint density at radius 3 is 1.95 bits per heavy atom. The van der Waals surface area contributed by atoms with Crippen molar-refractivity contribution in [1.82, 2.24) is 5.32 Å². The number of alkyl halides is 2. The van der Waals surface area contributed by atoms with Crippen LogP contribution in [0.3, 0.4) is 0 Å². The topological polar surface area (TPSA) is 55.4 Å². The molecule has 0 saturated carbocycles. The summed E-state index contributed by atoms with van der Waals surface area (Å²) < 4.78 is 5.40. The molecule has 22 heavy (non-hydrogen) atoms. The zero-order valence-corrected chi connectivity index (χ0v) is 12.8. The van der Waals surface area contributed by atoms with Gasteiger partial charge < -0.3 is 4.74 Å². The van der Waals surface area contributed by atoms with Gasteiger partial charge in [-0.2, -0.15) is 0 Å². The van der Waals surface area contributed by atoms with Gasteiger partial charge in [-0.05, 0) is 11.1 Å². The van der Waals surface area contributed by atoms with Crippen LogP contribution in [0, 0.1) is 0 Å². The van der Waals surface area contributed by atoms with E-state index in [2.05, 4.69) is 0 Å². The summed E-state index contributed by atoms with van der Waals surface area (Å²) in [6.07, 6.45) is -1.45. The molecule has 2 aromatic carbocycles. The minimum Gasteiger partial charge on any atom is -0.436 e. The van der Waals surface area contributed by atoms with Crippen LogP contribution >= 0.6 is 23.2 Å². The van der Waals surface area contributed by atoms with E-state index < -0.39 is 22.9 Å². The van der Waals surface area contributed by atoms with Crippen LogP contribution in [0.15, 0.2) is 48.5 Å². The van der Waals surface area contributed by atoms with E-state index in [1.807, 2.05) is 53.8 Å². The highest BCUT2D eigenvalue weighted by Gasteiger charge is 2.31. The molecule has 112 valence electrons. The first-order valence-electron chi connectivity index (χ1n) is 6.56. The Labute approximate surface area is 137 Å². The number of nitrogens with one attached hydrogen (secondary N) is 1. The number of amides is 2. The lowest BCUT2D eigenvalue weighted by atomic mass is 10.1. The Balaban J connectivity index is 1.88. The molecule has 0 spiro atoms. The highest BCUT2D eigenvalue weighted by atomic mass is 35.5. The number of ether oxygens (including phenoxy) is 1. The van der Waals surface area contributed by atoms with Gasteiger partial charge in [0.1, 0.15) is 0 Å². The smallest absolute Gasteiger partial charge is 0.414 e. The molecule has 0 bridgehead atoms. The predicted octanol–water partition coefficient (Wildman–Crippen LogP) is 3.81. The van der Waals surface area contributed by atoms with E-state index in [0.29, 0.717) is 0 Å². The first-order valence-corrected chi connectivity index (χ1v) is 7.43. The lowest BCUT2D eigenvalue weighted by Crippen LogP contribution is -2.35. The molecule has 0 unspecified atom stereocenters. The van der Waals surface area contributed by atoms with Gasteiger partial charge in [-0.25, -0.2) is 4.79 Å². The second kappa shape index (κ2) is 5.99. The largest absolute Gasteiger partial charge is 0.436 e. The molecule has 1 aliphatic rings. The van der Waals surface area contributed by atoms with Gasteiger partial charge in [-0.1, -0.05) is 71.7 Å². The van der Waals surface area contributed by atoms with E-state index >= 15 is 0 Å². The third-order valence-corrected chi connectivity index (χ3v) is 3.82. The van der Waals surface area contributed by atoms with Crippen LogP contribution in [0.5, 0.6) is 0 Å². The lowest BCUT2D eigenvalue weighted by Gasteiger charge is -2.15. The maximum atomic E-state index is 11.9. The first kappa shape index (κ1) is 14.9. The van der Waals surface area contributed by atoms with E-state index in [0.717, 1.165) is 22.3 Å². The number of fused-ring (bicyclic) bond motifs is 3. The summed E-state index contributed by atoms with van der Waals surface area (Å²) >= 11 is 10.8. The van der Waals surface area contributed by atoms with Crippen molar-refractivity contribution in [2.75, 3.05) is 0 Å². The fourth-order valence-corrected chi connectivity index (χ4v) is 2.64. The summed E-state index contributed by atoms with van der Waals surface area (Å²) in [6, 6.07) is 15.3. The summed E-state index contributed by atoms with van der Waals surface area (Å²) in [5, 5.41) is 2.00. The van der Waals surface area contributed by atoms with Crippen LogP contribution < -0.4 is 5.32 Å². The zero-order chi connectivity index (χ0) is 15.7. The van der Waals surface area contributed by atoms with E-state index in [1.54, 1.807) is 0 Å². The van der Waals surface area contributed by atoms with Gasteiger partial charge in [0.15, 0.2) is 10.9 Å². The number of imide groups is 1. The number of rotatable bonds is 2. The van der Waals surface area contributed by atoms with Crippen molar-refractivity contribution in [1.29, 1.82) is 0 Å². The molecule has 3 rings (SSSR count). The summed E-state index contributed by atoms with van der Waals surface area (Å²) in [7, 11) is 0. The Morgan fingerprint density at radius 1 is 0.955 bits per heavy atom. The Bertz CT molecular complexity index is 700. The molecule has 1 N–H and O–H groups in total. The molecule has 0 aromatic heterocycles. The SMILES string of the molecule is O=C(NC(=O)C(Cl)Cl)OC1c2ccccc2-c2ccccc21. The van der Waals surface area contributed by atoms with Crippen molar-refractivity contribution in [3.63, 3.8) is 0 Å². The Hall–Kier alpha value is -2.04. The molecule has 0 atom stereocenters. The van der Waals surface area contributed by atoms with Crippen molar-refractivity contribution in [2.24, 2.45) is 0 Å². The fraction of sp³-hybridized carbons (Fsp3) is 0.125. The van der Waals surface area contributed by atoms with Crippen molar-refractivity contribution >= 4 is 35.2 Å². The number of hydrogen-bond donors (Lipinski definition) is 1. The van der Waals surface area contributed by atoms with Crippen molar-refractivity contribution < 1.29 is 14.3 Å². The second-order valence-corrected chi connectivity index (χ2v) is 5.85. The summed E-state index contributed by atoms with van der Waals surface area (Å²) in [4.78, 5) is 21.9. The van der Waals surface area contributed by atoms with Crippen LogP contribution in [0.2, 0.25) is 0 Å². The number of hydrogen-bond acceptors (Lipinski definition) is 3. The minimum atomic E-state index is -1.32. The molecular weight excluding hydrogens is 325 g/mol. The highest BCUT2D eigenvalue weighted by molar-refractivity contribution is 6.53. The van der Waals surface area contributed by atoms with Gasteiger partial charge in [0.25, 0.3) is 5.91 Å². The van der Waals surface area contributed by atoms with Gasteiger partial charge in [-0.3, -0.25) is 10.1 Å². The third kappa shape index (κ3) is 2.67. The third-order valence-electron chi connectivity index (χ3n) is 3.43. The van der Waals surface area contributed by atoms with Crippen LogP contribution in [0.1, 0.15) is 17.2 Å². The molecule has 0 aliphatic heterocycles. The number of carbonyl (C=O) groups is 2. The van der Waals surface area contributed by atoms with Gasteiger partial charge in [0.05, 0.1) is 0 Å². The maximum absolute atomic E-state index is 11.9. The van der Waals surface area contributed by atoms with E-state index in [4.69, 9.17) is 27.9 Å². The zero-order valence-electron chi connectivity index (χ0n) is 11.3. The van der Waals surface area contributed by atoms with Crippen LogP contribution in [0.25, 0.3) is 11.1 Å². The number of carbonyl (C=O) groups excluding carboxylic acids is 2. The number of benzene rings is 2. The molecule has 6 heteroatoms. The van der Waals surface area contributed by atoms with Gasteiger partial charge in [0, 0.05) is 11.1 Å². The average molecular weight is 336 g/mol. The number of alkyl carbamates (subject to hydrolysis) is 1. The van der Waals surface area contributed by atoms with Crippen molar-refractivity contribution in [3.05, 3.63) is 59.7 Å². The normalized spacial score (nSPS) is 12.7. The van der Waals surface area contributed by atoms with Gasteiger partial charge >= 0.3 is 6.09 Å². The summed E-state index contributed by atoms with van der Waals surface area (Å²) in [5.41, 5.74) is 3.77. The van der Waals surface area contributed by atoms with E-state index in [9.17, 15) is 9.59 Å². The summed E-state index contributed by atoms with van der Waals surface area (Å²) in [5.74, 6) is -0.812. The molecular formula is C16H11Cl2NO3. The molecule has 4 nitrogen and oxygen atoms in total. The molecule has 0 fully saturated rings. The second-order valence-electron chi connectivity index (χ2n) is 4.75. The number of halogens is 2. The van der Waals surface area contributed by atoms with Gasteiger partial charge in [0.2, 0.25) is 0 Å². The van der Waals surface area contributed by atoms with Crippen LogP contribution in [0.4, 0.5) is 4.79 Å². The van der Waals surface area contributed by atoms with Crippen LogP contribution in [-0.4, -0.2) is 16.8 Å². The van der Waals surface area contributed by atoms with Gasteiger partial charge in [-0.15, -0.1) is 0 Å². The molecule has 0 heterocycles. The van der Waals surface area contributed by atoms with Crippen molar-refractivity contribution in [2.45, 2.75) is 10.9 Å². The molecule has 2 amide bonds. The molecule has 2 aromatic rings. The minimum absolute atomic E-state index is 0.565. The fourth-order valence-electron chi connectivity index (χ4n) is 2.53. The molecule has 1 aliphatic carbocycles. The standard InChI is InChI=1S/C16H11Cl2NO3/c17-14(18)15(20)19-16(21)22-13-11-7-3-1-5-9(11)10-6-2-4-8-12(10)13/h1-8,13-14H,(H,19,20,21).